The molecular formula is C20H30N2O3. The summed E-state index contributed by atoms with van der Waals surface area (Å²) < 4.78 is 11.7. The normalized spacial score (nSPS) is 23.4. The Morgan fingerprint density at radius 1 is 1.32 bits per heavy atom. The van der Waals surface area contributed by atoms with Gasteiger partial charge in [-0.05, 0) is 18.4 Å². The molecule has 0 saturated carbocycles. The molecule has 3 rings (SSSR count). The van der Waals surface area contributed by atoms with Gasteiger partial charge < -0.3 is 19.7 Å². The van der Waals surface area contributed by atoms with E-state index in [2.05, 4.69) is 18.3 Å². The zero-order chi connectivity index (χ0) is 17.8. The van der Waals surface area contributed by atoms with Gasteiger partial charge in [0.2, 0.25) is 5.91 Å². The molecule has 1 saturated heterocycles. The minimum atomic E-state index is 0.0774. The van der Waals surface area contributed by atoms with Gasteiger partial charge in [0.15, 0.2) is 11.5 Å². The molecule has 1 aromatic carbocycles. The highest BCUT2D eigenvalue weighted by atomic mass is 16.5. The van der Waals surface area contributed by atoms with Gasteiger partial charge in [-0.15, -0.1) is 0 Å². The van der Waals surface area contributed by atoms with Crippen LogP contribution in [0.25, 0.3) is 0 Å². The van der Waals surface area contributed by atoms with Crippen LogP contribution >= 0.6 is 0 Å². The van der Waals surface area contributed by atoms with Crippen molar-refractivity contribution in [2.75, 3.05) is 26.3 Å². The highest BCUT2D eigenvalue weighted by Crippen LogP contribution is 2.33. The van der Waals surface area contributed by atoms with E-state index in [1.165, 1.54) is 0 Å². The van der Waals surface area contributed by atoms with E-state index in [9.17, 15) is 4.79 Å². The van der Waals surface area contributed by atoms with E-state index in [0.29, 0.717) is 25.2 Å². The first-order valence-electron chi connectivity index (χ1n) is 9.46. The predicted molar refractivity (Wildman–Crippen MR) is 97.9 cm³/mol. The number of nitrogens with zero attached hydrogens (tertiary/aromatic N) is 1. The fourth-order valence-electron chi connectivity index (χ4n) is 3.65. The average Bonchev–Trinajstić information content (AvgIpc) is 2.85. The van der Waals surface area contributed by atoms with E-state index >= 15 is 0 Å². The summed E-state index contributed by atoms with van der Waals surface area (Å²) >= 11 is 0. The molecular weight excluding hydrogens is 316 g/mol. The average molecular weight is 346 g/mol. The van der Waals surface area contributed by atoms with Gasteiger partial charge in [0.05, 0.1) is 13.2 Å². The third kappa shape index (κ3) is 4.27. The second-order valence-electron chi connectivity index (χ2n) is 7.49. The van der Waals surface area contributed by atoms with Gasteiger partial charge in [0, 0.05) is 43.6 Å². The zero-order valence-electron chi connectivity index (χ0n) is 15.6. The van der Waals surface area contributed by atoms with Gasteiger partial charge in [-0.1, -0.05) is 32.9 Å². The summed E-state index contributed by atoms with van der Waals surface area (Å²) in [4.78, 5) is 14.2. The number of piperidine rings is 1. The van der Waals surface area contributed by atoms with Crippen LogP contribution in [0, 0.1) is 11.8 Å². The first-order valence-corrected chi connectivity index (χ1v) is 9.46. The largest absolute Gasteiger partial charge is 0.490 e. The predicted octanol–water partition coefficient (Wildman–Crippen LogP) is 2.83. The SMILES string of the molecule is CC(C)C(=O)N1CC[C@@H](NCc2cccc3c2OCCCO3)[C@H](C)C1. The van der Waals surface area contributed by atoms with Crippen molar-refractivity contribution in [3.63, 3.8) is 0 Å². The second-order valence-corrected chi connectivity index (χ2v) is 7.49. The van der Waals surface area contributed by atoms with E-state index in [0.717, 1.165) is 49.5 Å². The molecule has 1 aromatic rings. The Kier molecular flexibility index (Phi) is 5.84. The number of fused-ring (bicyclic) bond motifs is 1. The number of carbonyl (C=O) groups is 1. The van der Waals surface area contributed by atoms with Crippen LogP contribution in [0.1, 0.15) is 39.2 Å². The smallest absolute Gasteiger partial charge is 0.225 e. The summed E-state index contributed by atoms with van der Waals surface area (Å²) in [5.74, 6) is 2.52. The van der Waals surface area contributed by atoms with Crippen molar-refractivity contribution in [2.24, 2.45) is 11.8 Å². The Morgan fingerprint density at radius 2 is 2.12 bits per heavy atom. The summed E-state index contributed by atoms with van der Waals surface area (Å²) in [7, 11) is 0. The molecule has 5 nitrogen and oxygen atoms in total. The third-order valence-corrected chi connectivity index (χ3v) is 5.12. The van der Waals surface area contributed by atoms with Gasteiger partial charge >= 0.3 is 0 Å². The molecule has 1 N–H and O–H groups in total. The van der Waals surface area contributed by atoms with Gasteiger partial charge in [-0.3, -0.25) is 4.79 Å². The standard InChI is InChI=1S/C20H30N2O3/c1-14(2)20(23)22-9-8-17(15(3)13-22)21-12-16-6-4-7-18-19(16)25-11-5-10-24-18/h4,6-7,14-15,17,21H,5,8-13H2,1-3H3/t15-,17-/m1/s1. The van der Waals surface area contributed by atoms with Crippen LogP contribution in [0.15, 0.2) is 18.2 Å². The van der Waals surface area contributed by atoms with E-state index < -0.39 is 0 Å². The van der Waals surface area contributed by atoms with E-state index in [1.807, 2.05) is 30.9 Å². The lowest BCUT2D eigenvalue weighted by Gasteiger charge is -2.38. The summed E-state index contributed by atoms with van der Waals surface area (Å²) in [5.41, 5.74) is 1.15. The Hall–Kier alpha value is -1.75. The number of hydrogen-bond acceptors (Lipinski definition) is 4. The maximum Gasteiger partial charge on any atom is 0.225 e. The lowest BCUT2D eigenvalue weighted by molar-refractivity contribution is -0.136. The molecule has 2 aliphatic rings. The highest BCUT2D eigenvalue weighted by Gasteiger charge is 2.29. The number of likely N-dealkylation sites (tertiary alicyclic amines) is 1. The monoisotopic (exact) mass is 346 g/mol. The summed E-state index contributed by atoms with van der Waals surface area (Å²) in [5, 5.41) is 3.67. The first-order chi connectivity index (χ1) is 12.1. The molecule has 0 bridgehead atoms. The van der Waals surface area contributed by atoms with Crippen molar-refractivity contribution in [2.45, 2.75) is 46.2 Å². The summed E-state index contributed by atoms with van der Waals surface area (Å²) in [6.45, 7) is 10.0. The number of carbonyl (C=O) groups excluding carboxylic acids is 1. The maximum absolute atomic E-state index is 12.2. The zero-order valence-corrected chi connectivity index (χ0v) is 15.6. The molecule has 25 heavy (non-hydrogen) atoms. The summed E-state index contributed by atoms with van der Waals surface area (Å²) in [6, 6.07) is 6.52. The molecule has 0 aliphatic carbocycles. The van der Waals surface area contributed by atoms with Crippen molar-refractivity contribution in [1.82, 2.24) is 10.2 Å². The van der Waals surface area contributed by atoms with E-state index in [-0.39, 0.29) is 11.8 Å². The maximum atomic E-state index is 12.2. The number of nitrogens with one attached hydrogen (secondary N) is 1. The van der Waals surface area contributed by atoms with Gasteiger partial charge in [-0.25, -0.2) is 0 Å². The molecule has 5 heteroatoms. The number of hydrogen-bond donors (Lipinski definition) is 1. The molecule has 1 fully saturated rings. The Labute approximate surface area is 150 Å². The van der Waals surface area contributed by atoms with Crippen molar-refractivity contribution in [3.05, 3.63) is 23.8 Å². The van der Waals surface area contributed by atoms with E-state index in [1.54, 1.807) is 0 Å². The van der Waals surface area contributed by atoms with Crippen LogP contribution in [-0.4, -0.2) is 43.2 Å². The number of para-hydroxylation sites is 1. The Balaban J connectivity index is 1.59. The highest BCUT2D eigenvalue weighted by molar-refractivity contribution is 5.78. The fraction of sp³-hybridized carbons (Fsp3) is 0.650. The molecule has 2 heterocycles. The number of rotatable bonds is 4. The topological polar surface area (TPSA) is 50.8 Å². The fourth-order valence-corrected chi connectivity index (χ4v) is 3.65. The molecule has 0 aromatic heterocycles. The van der Waals surface area contributed by atoms with Gasteiger partial charge in [0.25, 0.3) is 0 Å². The van der Waals surface area contributed by atoms with Crippen LogP contribution < -0.4 is 14.8 Å². The first kappa shape index (κ1) is 18.1. The molecule has 2 aliphatic heterocycles. The van der Waals surface area contributed by atoms with Crippen molar-refractivity contribution < 1.29 is 14.3 Å². The Bertz CT molecular complexity index is 603. The number of amides is 1. The molecule has 2 atom stereocenters. The van der Waals surface area contributed by atoms with Crippen LogP contribution in [0.5, 0.6) is 11.5 Å². The summed E-state index contributed by atoms with van der Waals surface area (Å²) in [6.07, 6.45) is 1.91. The van der Waals surface area contributed by atoms with Crippen LogP contribution in [0.3, 0.4) is 0 Å². The Morgan fingerprint density at radius 3 is 2.88 bits per heavy atom. The lowest BCUT2D eigenvalue weighted by atomic mass is 9.92. The van der Waals surface area contributed by atoms with Crippen molar-refractivity contribution >= 4 is 5.91 Å². The van der Waals surface area contributed by atoms with Crippen LogP contribution in [-0.2, 0) is 11.3 Å². The molecule has 138 valence electrons. The van der Waals surface area contributed by atoms with Crippen molar-refractivity contribution in [3.8, 4) is 11.5 Å². The lowest BCUT2D eigenvalue weighted by Crippen LogP contribution is -2.50. The quantitative estimate of drug-likeness (QED) is 0.911. The van der Waals surface area contributed by atoms with Gasteiger partial charge in [0.1, 0.15) is 0 Å². The molecule has 1 amide bonds. The van der Waals surface area contributed by atoms with Crippen molar-refractivity contribution in [1.29, 1.82) is 0 Å². The van der Waals surface area contributed by atoms with Crippen LogP contribution in [0.4, 0.5) is 0 Å². The second kappa shape index (κ2) is 8.09. The number of benzene rings is 1. The van der Waals surface area contributed by atoms with Gasteiger partial charge in [-0.2, -0.15) is 0 Å². The third-order valence-electron chi connectivity index (χ3n) is 5.12. The van der Waals surface area contributed by atoms with Crippen LogP contribution in [0.2, 0.25) is 0 Å². The molecule has 0 unspecified atom stereocenters. The minimum Gasteiger partial charge on any atom is -0.490 e. The molecule has 0 spiro atoms. The molecule has 0 radical (unpaired) electrons. The number of ether oxygens (including phenoxy) is 2. The van der Waals surface area contributed by atoms with E-state index in [4.69, 9.17) is 9.47 Å². The minimum absolute atomic E-state index is 0.0774.